The number of carbonyl (C=O) groups is 2. The van der Waals surface area contributed by atoms with Crippen LogP contribution in [0.4, 0.5) is 4.39 Å². The molecule has 1 aliphatic heterocycles. The van der Waals surface area contributed by atoms with Crippen LogP contribution < -0.4 is 0 Å². The summed E-state index contributed by atoms with van der Waals surface area (Å²) >= 11 is 0. The number of methoxy groups -OCH3 is 1. The van der Waals surface area contributed by atoms with Crippen LogP contribution in [0.2, 0.25) is 0 Å². The van der Waals surface area contributed by atoms with Crippen molar-refractivity contribution >= 4 is 11.9 Å². The smallest absolute Gasteiger partial charge is 0.311 e. The van der Waals surface area contributed by atoms with E-state index in [4.69, 9.17) is 4.74 Å². The summed E-state index contributed by atoms with van der Waals surface area (Å²) in [5.74, 6) is -1.55. The van der Waals surface area contributed by atoms with Crippen LogP contribution in [0, 0.1) is 11.7 Å². The zero-order valence-corrected chi connectivity index (χ0v) is 15.2. The van der Waals surface area contributed by atoms with Crippen molar-refractivity contribution in [3.8, 4) is 0 Å². The molecule has 7 heteroatoms. The number of likely N-dealkylation sites (tertiary alicyclic amines) is 1. The van der Waals surface area contributed by atoms with Crippen LogP contribution >= 0.6 is 0 Å². The third-order valence-electron chi connectivity index (χ3n) is 5.67. The molecule has 0 spiro atoms. The number of benzene rings is 1. The fraction of sp³-hybridized carbons (Fsp3) is 0.450. The van der Waals surface area contributed by atoms with Crippen molar-refractivity contribution in [3.63, 3.8) is 0 Å². The third kappa shape index (κ3) is 3.22. The van der Waals surface area contributed by atoms with Crippen molar-refractivity contribution in [1.82, 2.24) is 15.1 Å². The number of hydrogen-bond donors (Lipinski definition) is 1. The quantitative estimate of drug-likeness (QED) is 0.841. The van der Waals surface area contributed by atoms with Crippen LogP contribution in [0.25, 0.3) is 0 Å². The van der Waals surface area contributed by atoms with Crippen LogP contribution in [0.5, 0.6) is 0 Å². The molecular formula is C20H22FN3O3. The Morgan fingerprint density at radius 2 is 1.93 bits per heavy atom. The van der Waals surface area contributed by atoms with E-state index in [0.29, 0.717) is 12.2 Å². The van der Waals surface area contributed by atoms with Crippen LogP contribution in [0.3, 0.4) is 0 Å². The summed E-state index contributed by atoms with van der Waals surface area (Å²) in [4.78, 5) is 27.1. The minimum atomic E-state index is -0.473. The molecule has 2 atom stereocenters. The molecule has 0 radical (unpaired) electrons. The Kier molecular flexibility index (Phi) is 4.68. The Hall–Kier alpha value is -2.70. The van der Waals surface area contributed by atoms with E-state index >= 15 is 0 Å². The van der Waals surface area contributed by atoms with Gasteiger partial charge < -0.3 is 9.64 Å². The minimum Gasteiger partial charge on any atom is -0.469 e. The first-order chi connectivity index (χ1) is 13.1. The second-order valence-corrected chi connectivity index (χ2v) is 7.23. The summed E-state index contributed by atoms with van der Waals surface area (Å²) in [5.41, 5.74) is 3.34. The molecule has 1 aromatic carbocycles. The van der Waals surface area contributed by atoms with Gasteiger partial charge in [0, 0.05) is 30.3 Å². The Labute approximate surface area is 156 Å². The van der Waals surface area contributed by atoms with Crippen molar-refractivity contribution < 1.29 is 18.7 Å². The molecule has 4 rings (SSSR count). The van der Waals surface area contributed by atoms with Gasteiger partial charge >= 0.3 is 5.97 Å². The van der Waals surface area contributed by atoms with Crippen LogP contribution in [0.15, 0.2) is 24.3 Å². The molecule has 1 fully saturated rings. The summed E-state index contributed by atoms with van der Waals surface area (Å²) in [6.45, 7) is 0.654. The summed E-state index contributed by atoms with van der Waals surface area (Å²) in [7, 11) is 1.35. The maximum absolute atomic E-state index is 13.3. The van der Waals surface area contributed by atoms with E-state index < -0.39 is 5.92 Å². The van der Waals surface area contributed by atoms with Crippen molar-refractivity contribution in [2.75, 3.05) is 20.2 Å². The van der Waals surface area contributed by atoms with Crippen LogP contribution in [0.1, 0.15) is 46.1 Å². The van der Waals surface area contributed by atoms with Crippen molar-refractivity contribution in [3.05, 3.63) is 52.6 Å². The van der Waals surface area contributed by atoms with Gasteiger partial charge in [-0.1, -0.05) is 12.1 Å². The van der Waals surface area contributed by atoms with Gasteiger partial charge in [0.2, 0.25) is 0 Å². The molecule has 0 bridgehead atoms. The predicted molar refractivity (Wildman–Crippen MR) is 95.8 cm³/mol. The van der Waals surface area contributed by atoms with Gasteiger partial charge in [-0.3, -0.25) is 14.7 Å². The molecule has 1 aromatic heterocycles. The van der Waals surface area contributed by atoms with E-state index in [0.717, 1.165) is 42.5 Å². The lowest BCUT2D eigenvalue weighted by atomic mass is 9.89. The number of ether oxygens (including phenoxy) is 1. The second kappa shape index (κ2) is 7.13. The monoisotopic (exact) mass is 371 g/mol. The number of esters is 1. The maximum Gasteiger partial charge on any atom is 0.311 e. The van der Waals surface area contributed by atoms with E-state index in [1.54, 1.807) is 17.0 Å². The highest BCUT2D eigenvalue weighted by molar-refractivity contribution is 5.95. The van der Waals surface area contributed by atoms with Crippen molar-refractivity contribution in [2.45, 2.75) is 31.6 Å². The zero-order valence-electron chi connectivity index (χ0n) is 15.2. The zero-order chi connectivity index (χ0) is 19.0. The number of nitrogens with zero attached hydrogens (tertiary/aromatic N) is 2. The standard InChI is InChI=1S/C20H22FN3O3/c1-27-20(26)16-11-24(10-15(16)12-6-8-13(21)9-7-12)19(25)18-14-4-2-3-5-17(14)22-23-18/h6-9,15-16H,2-5,10-11H2,1H3,(H,22,23)/t15-,16+/m1/s1. The number of aromatic amines is 1. The second-order valence-electron chi connectivity index (χ2n) is 7.23. The topological polar surface area (TPSA) is 75.3 Å². The average Bonchev–Trinajstić information content (AvgIpc) is 3.32. The Morgan fingerprint density at radius 3 is 2.67 bits per heavy atom. The Bertz CT molecular complexity index is 862. The van der Waals surface area contributed by atoms with Crippen LogP contribution in [-0.2, 0) is 22.4 Å². The number of fused-ring (bicyclic) bond motifs is 1. The normalized spacial score (nSPS) is 21.8. The molecule has 1 N–H and O–H groups in total. The highest BCUT2D eigenvalue weighted by atomic mass is 19.1. The first kappa shape index (κ1) is 17.7. The molecule has 142 valence electrons. The van der Waals surface area contributed by atoms with Gasteiger partial charge in [0.1, 0.15) is 5.82 Å². The van der Waals surface area contributed by atoms with Gasteiger partial charge in [0.05, 0.1) is 13.0 Å². The van der Waals surface area contributed by atoms with E-state index in [1.807, 2.05) is 0 Å². The first-order valence-corrected chi connectivity index (χ1v) is 9.27. The molecule has 2 aliphatic rings. The SMILES string of the molecule is COC(=O)[C@H]1CN(C(=O)c2n[nH]c3c2CCCC3)C[C@@H]1c1ccc(F)cc1. The lowest BCUT2D eigenvalue weighted by Gasteiger charge is -2.17. The van der Waals surface area contributed by atoms with Gasteiger partial charge in [0.25, 0.3) is 5.91 Å². The molecular weight excluding hydrogens is 349 g/mol. The van der Waals surface area contributed by atoms with E-state index in [2.05, 4.69) is 10.2 Å². The molecule has 6 nitrogen and oxygen atoms in total. The lowest BCUT2D eigenvalue weighted by molar-refractivity contribution is -0.145. The van der Waals surface area contributed by atoms with Crippen molar-refractivity contribution in [2.24, 2.45) is 5.92 Å². The number of carbonyl (C=O) groups excluding carboxylic acids is 2. The minimum absolute atomic E-state index is 0.159. The van der Waals surface area contributed by atoms with E-state index in [9.17, 15) is 14.0 Å². The van der Waals surface area contributed by atoms with E-state index in [1.165, 1.54) is 19.2 Å². The maximum atomic E-state index is 13.3. The molecule has 2 aromatic rings. The number of rotatable bonds is 3. The number of H-pyrrole nitrogens is 1. The van der Waals surface area contributed by atoms with Gasteiger partial charge in [-0.15, -0.1) is 0 Å². The highest BCUT2D eigenvalue weighted by Gasteiger charge is 2.42. The molecule has 0 unspecified atom stereocenters. The molecule has 1 amide bonds. The van der Waals surface area contributed by atoms with Gasteiger partial charge in [-0.25, -0.2) is 4.39 Å². The average molecular weight is 371 g/mol. The van der Waals surface area contributed by atoms with Gasteiger partial charge in [0.15, 0.2) is 5.69 Å². The molecule has 27 heavy (non-hydrogen) atoms. The summed E-state index contributed by atoms with van der Waals surface area (Å²) in [6, 6.07) is 6.08. The largest absolute Gasteiger partial charge is 0.469 e. The Morgan fingerprint density at radius 1 is 1.19 bits per heavy atom. The first-order valence-electron chi connectivity index (χ1n) is 9.27. The highest BCUT2D eigenvalue weighted by Crippen LogP contribution is 2.35. The summed E-state index contributed by atoms with van der Waals surface area (Å²) in [5, 5.41) is 7.25. The number of aryl methyl sites for hydroxylation is 1. The fourth-order valence-electron chi connectivity index (χ4n) is 4.22. The fourth-order valence-corrected chi connectivity index (χ4v) is 4.22. The van der Waals surface area contributed by atoms with Gasteiger partial charge in [-0.2, -0.15) is 5.10 Å². The molecule has 1 aliphatic carbocycles. The summed E-state index contributed by atoms with van der Waals surface area (Å²) < 4.78 is 18.2. The Balaban J connectivity index is 1.60. The van der Waals surface area contributed by atoms with E-state index in [-0.39, 0.29) is 30.2 Å². The molecule has 2 heterocycles. The summed E-state index contributed by atoms with van der Waals surface area (Å²) in [6.07, 6.45) is 3.92. The number of aromatic nitrogens is 2. The third-order valence-corrected chi connectivity index (χ3v) is 5.67. The van der Waals surface area contributed by atoms with Gasteiger partial charge in [-0.05, 0) is 43.4 Å². The number of hydrogen-bond acceptors (Lipinski definition) is 4. The number of amides is 1. The predicted octanol–water partition coefficient (Wildman–Crippen LogP) is 2.46. The van der Waals surface area contributed by atoms with Crippen molar-refractivity contribution in [1.29, 1.82) is 0 Å². The molecule has 1 saturated heterocycles. The number of halogens is 1. The van der Waals surface area contributed by atoms with Crippen LogP contribution in [-0.4, -0.2) is 47.2 Å². The lowest BCUT2D eigenvalue weighted by Crippen LogP contribution is -2.31. The molecule has 0 saturated carbocycles. The number of nitrogens with one attached hydrogen (secondary N) is 1.